The number of carbonyl (C=O) groups excluding carboxylic acids is 1. The normalized spacial score (nSPS) is 13.2. The zero-order valence-electron chi connectivity index (χ0n) is 12.0. The molecule has 110 valence electrons. The molecule has 1 atom stereocenters. The Kier molecular flexibility index (Phi) is 4.03. The summed E-state index contributed by atoms with van der Waals surface area (Å²) >= 11 is 0. The number of phenolic OH excluding ortho intramolecular Hbond substituents is 1. The van der Waals surface area contributed by atoms with Crippen LogP contribution in [0.3, 0.4) is 0 Å². The number of ether oxygens (including phenoxy) is 1. The summed E-state index contributed by atoms with van der Waals surface area (Å²) in [6, 6.07) is 14.0. The van der Waals surface area contributed by atoms with E-state index in [9.17, 15) is 9.90 Å². The number of methoxy groups -OCH3 is 1. The van der Waals surface area contributed by atoms with Crippen LogP contribution in [-0.4, -0.2) is 18.1 Å². The van der Waals surface area contributed by atoms with E-state index in [1.165, 1.54) is 13.2 Å². The van der Waals surface area contributed by atoms with Crippen molar-refractivity contribution < 1.29 is 14.6 Å². The molecule has 0 saturated carbocycles. The predicted molar refractivity (Wildman–Crippen MR) is 81.3 cm³/mol. The number of primary amides is 1. The Balaban J connectivity index is 2.45. The van der Waals surface area contributed by atoms with Crippen LogP contribution in [0.4, 0.5) is 5.69 Å². The van der Waals surface area contributed by atoms with Crippen LogP contribution >= 0.6 is 0 Å². The van der Waals surface area contributed by atoms with Crippen LogP contribution in [0.1, 0.15) is 12.5 Å². The number of para-hydroxylation sites is 1. The predicted octanol–water partition coefficient (Wildman–Crippen LogP) is 2.21. The molecule has 0 saturated heterocycles. The van der Waals surface area contributed by atoms with E-state index in [1.54, 1.807) is 19.1 Å². The molecular weight excluding hydrogens is 268 g/mol. The first-order valence-corrected chi connectivity index (χ1v) is 6.48. The first kappa shape index (κ1) is 14.7. The zero-order valence-corrected chi connectivity index (χ0v) is 12.0. The van der Waals surface area contributed by atoms with Crippen LogP contribution in [0.25, 0.3) is 0 Å². The number of benzene rings is 2. The van der Waals surface area contributed by atoms with Gasteiger partial charge in [0.2, 0.25) is 5.91 Å². The third-order valence-corrected chi connectivity index (χ3v) is 3.42. The Hall–Kier alpha value is -2.69. The molecule has 0 aromatic heterocycles. The summed E-state index contributed by atoms with van der Waals surface area (Å²) in [6.07, 6.45) is 0. The quantitative estimate of drug-likeness (QED) is 0.786. The van der Waals surface area contributed by atoms with Gasteiger partial charge in [0.15, 0.2) is 11.5 Å². The second kappa shape index (κ2) is 5.75. The second-order valence-corrected chi connectivity index (χ2v) is 4.87. The van der Waals surface area contributed by atoms with Crippen molar-refractivity contribution in [2.75, 3.05) is 12.4 Å². The first-order valence-electron chi connectivity index (χ1n) is 6.48. The molecule has 0 aliphatic rings. The Morgan fingerprint density at radius 1 is 1.24 bits per heavy atom. The number of carbonyl (C=O) groups is 1. The van der Waals surface area contributed by atoms with Gasteiger partial charge in [0, 0.05) is 5.69 Å². The van der Waals surface area contributed by atoms with Crippen molar-refractivity contribution in [2.24, 2.45) is 5.73 Å². The highest BCUT2D eigenvalue weighted by Gasteiger charge is 2.33. The molecule has 0 aliphatic carbocycles. The summed E-state index contributed by atoms with van der Waals surface area (Å²) in [5.74, 6) is -0.235. The van der Waals surface area contributed by atoms with Gasteiger partial charge in [-0.2, -0.15) is 0 Å². The molecule has 2 aromatic rings. The van der Waals surface area contributed by atoms with Crippen molar-refractivity contribution in [1.82, 2.24) is 0 Å². The van der Waals surface area contributed by atoms with Crippen molar-refractivity contribution in [1.29, 1.82) is 0 Å². The highest BCUT2D eigenvalue weighted by atomic mass is 16.5. The van der Waals surface area contributed by atoms with Gasteiger partial charge in [-0.1, -0.05) is 24.3 Å². The van der Waals surface area contributed by atoms with Crippen LogP contribution in [0.2, 0.25) is 0 Å². The Bertz CT molecular complexity index is 643. The van der Waals surface area contributed by atoms with Gasteiger partial charge < -0.3 is 20.9 Å². The third-order valence-electron chi connectivity index (χ3n) is 3.42. The number of phenols is 1. The Labute approximate surface area is 123 Å². The minimum Gasteiger partial charge on any atom is -0.504 e. The fourth-order valence-electron chi connectivity index (χ4n) is 2.07. The van der Waals surface area contributed by atoms with Crippen molar-refractivity contribution in [3.63, 3.8) is 0 Å². The fraction of sp³-hybridized carbons (Fsp3) is 0.188. The number of amides is 1. The maximum absolute atomic E-state index is 12.0. The summed E-state index contributed by atoms with van der Waals surface area (Å²) in [7, 11) is 1.45. The lowest BCUT2D eigenvalue weighted by Gasteiger charge is -2.29. The average Bonchev–Trinajstić information content (AvgIpc) is 2.48. The molecule has 0 bridgehead atoms. The first-order chi connectivity index (χ1) is 9.97. The summed E-state index contributed by atoms with van der Waals surface area (Å²) < 4.78 is 5.08. The van der Waals surface area contributed by atoms with Gasteiger partial charge in [0.05, 0.1) is 7.11 Å². The monoisotopic (exact) mass is 286 g/mol. The molecule has 5 nitrogen and oxygen atoms in total. The Morgan fingerprint density at radius 3 is 2.48 bits per heavy atom. The highest BCUT2D eigenvalue weighted by Crippen LogP contribution is 2.33. The molecule has 2 aromatic carbocycles. The maximum atomic E-state index is 12.0. The number of nitrogens with two attached hydrogens (primary N) is 1. The molecule has 21 heavy (non-hydrogen) atoms. The van der Waals surface area contributed by atoms with Gasteiger partial charge in [0.1, 0.15) is 5.54 Å². The van der Waals surface area contributed by atoms with E-state index in [0.29, 0.717) is 5.56 Å². The highest BCUT2D eigenvalue weighted by molar-refractivity contribution is 5.89. The second-order valence-electron chi connectivity index (χ2n) is 4.87. The molecule has 0 fully saturated rings. The minimum atomic E-state index is -1.12. The van der Waals surface area contributed by atoms with Crippen molar-refractivity contribution in [3.05, 3.63) is 54.1 Å². The molecule has 2 rings (SSSR count). The van der Waals surface area contributed by atoms with Gasteiger partial charge in [-0.15, -0.1) is 0 Å². The van der Waals surface area contributed by atoms with E-state index in [-0.39, 0.29) is 11.5 Å². The maximum Gasteiger partial charge on any atom is 0.247 e. The number of aromatic hydroxyl groups is 1. The number of hydrogen-bond acceptors (Lipinski definition) is 4. The largest absolute Gasteiger partial charge is 0.504 e. The molecular formula is C16H18N2O3. The molecule has 0 heterocycles. The van der Waals surface area contributed by atoms with Gasteiger partial charge in [-0.05, 0) is 36.8 Å². The fourth-order valence-corrected chi connectivity index (χ4v) is 2.07. The van der Waals surface area contributed by atoms with Crippen LogP contribution in [0, 0.1) is 0 Å². The SMILES string of the molecule is COc1cc(C(C)(Nc2ccccc2)C(N)=O)ccc1O. The topological polar surface area (TPSA) is 84.6 Å². The van der Waals surface area contributed by atoms with E-state index in [0.717, 1.165) is 5.69 Å². The van der Waals surface area contributed by atoms with Crippen LogP contribution in [-0.2, 0) is 10.3 Å². The molecule has 1 unspecified atom stereocenters. The van der Waals surface area contributed by atoms with Crippen molar-refractivity contribution in [3.8, 4) is 11.5 Å². The summed E-state index contributed by atoms with van der Waals surface area (Å²) in [6.45, 7) is 1.69. The number of hydrogen-bond donors (Lipinski definition) is 3. The van der Waals surface area contributed by atoms with Crippen molar-refractivity contribution in [2.45, 2.75) is 12.5 Å². The number of nitrogens with one attached hydrogen (secondary N) is 1. The summed E-state index contributed by atoms with van der Waals surface area (Å²) in [5.41, 5.74) is 5.83. The van der Waals surface area contributed by atoms with Gasteiger partial charge in [-0.3, -0.25) is 4.79 Å². The summed E-state index contributed by atoms with van der Waals surface area (Å²) in [4.78, 5) is 12.0. The number of rotatable bonds is 5. The van der Waals surface area contributed by atoms with Crippen molar-refractivity contribution >= 4 is 11.6 Å². The lowest BCUT2D eigenvalue weighted by atomic mass is 9.90. The van der Waals surface area contributed by atoms with Crippen LogP contribution < -0.4 is 15.8 Å². The number of anilines is 1. The van der Waals surface area contributed by atoms with E-state index in [2.05, 4.69) is 5.32 Å². The van der Waals surface area contributed by atoms with Crippen LogP contribution in [0.15, 0.2) is 48.5 Å². The van der Waals surface area contributed by atoms with E-state index >= 15 is 0 Å². The summed E-state index contributed by atoms with van der Waals surface area (Å²) in [5, 5.41) is 12.8. The molecule has 1 amide bonds. The standard InChI is InChI=1S/C16H18N2O3/c1-16(15(17)20,18-12-6-4-3-5-7-12)11-8-9-13(19)14(10-11)21-2/h3-10,18-19H,1-2H3,(H2,17,20). The van der Waals surface area contributed by atoms with Gasteiger partial charge >= 0.3 is 0 Å². The van der Waals surface area contributed by atoms with Crippen LogP contribution in [0.5, 0.6) is 11.5 Å². The van der Waals surface area contributed by atoms with E-state index in [4.69, 9.17) is 10.5 Å². The molecule has 5 heteroatoms. The third kappa shape index (κ3) is 2.91. The smallest absolute Gasteiger partial charge is 0.247 e. The zero-order chi connectivity index (χ0) is 15.5. The molecule has 0 aliphatic heterocycles. The lowest BCUT2D eigenvalue weighted by Crippen LogP contribution is -2.45. The van der Waals surface area contributed by atoms with Gasteiger partial charge in [0.25, 0.3) is 0 Å². The lowest BCUT2D eigenvalue weighted by molar-refractivity contribution is -0.122. The molecule has 0 radical (unpaired) electrons. The molecule has 4 N–H and O–H groups in total. The molecule has 0 spiro atoms. The van der Waals surface area contributed by atoms with Gasteiger partial charge in [-0.25, -0.2) is 0 Å². The Morgan fingerprint density at radius 2 is 1.90 bits per heavy atom. The minimum absolute atomic E-state index is 0.00721. The van der Waals surface area contributed by atoms with E-state index in [1.807, 2.05) is 30.3 Å². The van der Waals surface area contributed by atoms with E-state index < -0.39 is 11.4 Å². The average molecular weight is 286 g/mol.